The zero-order valence-corrected chi connectivity index (χ0v) is 20.7. The van der Waals surface area contributed by atoms with Gasteiger partial charge in [-0.3, -0.25) is 4.79 Å². The lowest BCUT2D eigenvalue weighted by Crippen LogP contribution is -2.11. The van der Waals surface area contributed by atoms with Gasteiger partial charge in [-0.25, -0.2) is 0 Å². The third-order valence-electron chi connectivity index (χ3n) is 7.05. The van der Waals surface area contributed by atoms with Gasteiger partial charge in [-0.05, 0) is 65.8 Å². The molecule has 4 nitrogen and oxygen atoms in total. The number of primary amides is 1. The highest BCUT2D eigenvalue weighted by Crippen LogP contribution is 2.39. The number of aryl methyl sites for hydroxylation is 1. The molecule has 0 bridgehead atoms. The van der Waals surface area contributed by atoms with Crippen molar-refractivity contribution in [3.05, 3.63) is 113 Å². The lowest BCUT2D eigenvalue weighted by molar-refractivity contribution is 0.100. The van der Waals surface area contributed by atoms with Crippen molar-refractivity contribution in [3.63, 3.8) is 0 Å². The number of rotatable bonds is 9. The molecular formula is C32H32N2O2. The molecule has 0 aliphatic heterocycles. The summed E-state index contributed by atoms with van der Waals surface area (Å²) in [4.78, 5) is 12.4. The van der Waals surface area contributed by atoms with E-state index in [1.165, 1.54) is 16.7 Å². The van der Waals surface area contributed by atoms with Gasteiger partial charge in [-0.1, -0.05) is 80.4 Å². The molecule has 0 atom stereocenters. The summed E-state index contributed by atoms with van der Waals surface area (Å²) in [5, 5.41) is 12.6. The fourth-order valence-corrected chi connectivity index (χ4v) is 5.26. The largest absolute Gasteiger partial charge is 0.507 e. The van der Waals surface area contributed by atoms with Crippen molar-refractivity contribution in [2.24, 2.45) is 5.73 Å². The minimum Gasteiger partial charge on any atom is -0.507 e. The van der Waals surface area contributed by atoms with E-state index in [9.17, 15) is 9.90 Å². The zero-order chi connectivity index (χ0) is 25.1. The maximum absolute atomic E-state index is 12.4. The Labute approximate surface area is 212 Å². The van der Waals surface area contributed by atoms with Crippen LogP contribution in [0.25, 0.3) is 21.8 Å². The molecule has 1 heterocycles. The van der Waals surface area contributed by atoms with E-state index in [0.29, 0.717) is 17.5 Å². The fourth-order valence-electron chi connectivity index (χ4n) is 5.26. The standard InChI is InChI=1S/C32H32N2O2/c1-2-3-5-13-23-19-28-31(29(35)20-23)30-26(32(33)36)16-10-17-27(30)34(28)21-25-15-9-8-14-24(25)18-22-11-6-4-7-12-22/h4,6-12,14-17,19-20,35H,2-3,5,13,18,21H2,1H3,(H2,33,36). The second-order valence-corrected chi connectivity index (χ2v) is 9.55. The number of fused-ring (bicyclic) bond motifs is 3. The number of phenols is 1. The molecule has 5 aromatic rings. The van der Waals surface area contributed by atoms with Crippen molar-refractivity contribution in [1.29, 1.82) is 0 Å². The number of amides is 1. The number of carbonyl (C=O) groups is 1. The van der Waals surface area contributed by atoms with Gasteiger partial charge in [0, 0.05) is 17.5 Å². The van der Waals surface area contributed by atoms with Gasteiger partial charge in [-0.15, -0.1) is 0 Å². The first-order valence-corrected chi connectivity index (χ1v) is 12.7. The van der Waals surface area contributed by atoms with E-state index in [1.807, 2.05) is 24.3 Å². The molecule has 0 unspecified atom stereocenters. The van der Waals surface area contributed by atoms with Crippen molar-refractivity contribution in [3.8, 4) is 5.75 Å². The number of phenolic OH excluding ortho intramolecular Hbond substituents is 1. The van der Waals surface area contributed by atoms with Gasteiger partial charge in [0.2, 0.25) is 5.91 Å². The van der Waals surface area contributed by atoms with Gasteiger partial charge >= 0.3 is 0 Å². The van der Waals surface area contributed by atoms with E-state index in [2.05, 4.69) is 66.1 Å². The second-order valence-electron chi connectivity index (χ2n) is 9.55. The Hall–Kier alpha value is -4.05. The number of nitrogens with zero attached hydrogens (tertiary/aromatic N) is 1. The average molecular weight is 477 g/mol. The quantitative estimate of drug-likeness (QED) is 0.226. The Morgan fingerprint density at radius 2 is 1.56 bits per heavy atom. The molecule has 5 rings (SSSR count). The Kier molecular flexibility index (Phi) is 6.77. The molecule has 0 aliphatic carbocycles. The van der Waals surface area contributed by atoms with Crippen LogP contribution in [0.1, 0.15) is 58.8 Å². The Morgan fingerprint density at radius 3 is 2.31 bits per heavy atom. The maximum atomic E-state index is 12.4. The number of carbonyl (C=O) groups excluding carboxylic acids is 1. The summed E-state index contributed by atoms with van der Waals surface area (Å²) in [5.41, 5.74) is 12.9. The molecular weight excluding hydrogens is 444 g/mol. The topological polar surface area (TPSA) is 68.2 Å². The van der Waals surface area contributed by atoms with E-state index in [-0.39, 0.29) is 5.75 Å². The number of aromatic nitrogens is 1. The SMILES string of the molecule is CCCCCc1cc(O)c2c3c(C(N)=O)cccc3n(Cc3ccccc3Cc3ccccc3)c2c1. The van der Waals surface area contributed by atoms with Crippen LogP contribution in [0.3, 0.4) is 0 Å². The van der Waals surface area contributed by atoms with E-state index in [0.717, 1.165) is 54.1 Å². The molecule has 1 amide bonds. The fraction of sp³-hybridized carbons (Fsp3) is 0.219. The molecule has 0 spiro atoms. The van der Waals surface area contributed by atoms with Crippen LogP contribution in [0.5, 0.6) is 5.75 Å². The second kappa shape index (κ2) is 10.3. The first-order chi connectivity index (χ1) is 17.6. The van der Waals surface area contributed by atoms with Crippen LogP contribution in [-0.2, 0) is 19.4 Å². The van der Waals surface area contributed by atoms with Crippen molar-refractivity contribution in [2.75, 3.05) is 0 Å². The van der Waals surface area contributed by atoms with Crippen LogP contribution < -0.4 is 5.73 Å². The minimum atomic E-state index is -0.490. The van der Waals surface area contributed by atoms with Crippen LogP contribution in [-0.4, -0.2) is 15.6 Å². The van der Waals surface area contributed by atoms with Crippen LogP contribution >= 0.6 is 0 Å². The zero-order valence-electron chi connectivity index (χ0n) is 20.7. The number of hydrogen-bond acceptors (Lipinski definition) is 2. The lowest BCUT2D eigenvalue weighted by Gasteiger charge is -2.14. The van der Waals surface area contributed by atoms with Crippen molar-refractivity contribution >= 4 is 27.7 Å². The van der Waals surface area contributed by atoms with Gasteiger partial charge < -0.3 is 15.4 Å². The summed E-state index contributed by atoms with van der Waals surface area (Å²) in [7, 11) is 0. The number of hydrogen-bond donors (Lipinski definition) is 2. The van der Waals surface area contributed by atoms with E-state index < -0.39 is 5.91 Å². The van der Waals surface area contributed by atoms with Crippen LogP contribution in [0.2, 0.25) is 0 Å². The van der Waals surface area contributed by atoms with Crippen molar-refractivity contribution in [1.82, 2.24) is 4.57 Å². The minimum absolute atomic E-state index is 0.203. The lowest BCUT2D eigenvalue weighted by atomic mass is 9.99. The molecule has 4 heteroatoms. The predicted molar refractivity (Wildman–Crippen MR) is 148 cm³/mol. The van der Waals surface area contributed by atoms with Crippen LogP contribution in [0.15, 0.2) is 84.9 Å². The Bertz CT molecular complexity index is 1530. The van der Waals surface area contributed by atoms with E-state index >= 15 is 0 Å². The molecule has 36 heavy (non-hydrogen) atoms. The molecule has 1 aromatic heterocycles. The van der Waals surface area contributed by atoms with Gasteiger partial charge in [0.1, 0.15) is 5.75 Å². The molecule has 3 N–H and O–H groups in total. The summed E-state index contributed by atoms with van der Waals surface area (Å²) in [6, 6.07) is 28.6. The van der Waals surface area contributed by atoms with Gasteiger partial charge in [-0.2, -0.15) is 0 Å². The average Bonchev–Trinajstić information content (AvgIpc) is 3.20. The summed E-state index contributed by atoms with van der Waals surface area (Å²) < 4.78 is 2.23. The van der Waals surface area contributed by atoms with Crippen molar-refractivity contribution < 1.29 is 9.90 Å². The van der Waals surface area contributed by atoms with Gasteiger partial charge in [0.05, 0.1) is 16.4 Å². The Morgan fingerprint density at radius 1 is 0.806 bits per heavy atom. The highest BCUT2D eigenvalue weighted by molar-refractivity contribution is 6.19. The smallest absolute Gasteiger partial charge is 0.249 e. The van der Waals surface area contributed by atoms with E-state index in [4.69, 9.17) is 5.73 Å². The molecule has 0 radical (unpaired) electrons. The highest BCUT2D eigenvalue weighted by atomic mass is 16.3. The number of benzene rings is 4. The van der Waals surface area contributed by atoms with Gasteiger partial charge in [0.25, 0.3) is 0 Å². The van der Waals surface area contributed by atoms with Gasteiger partial charge in [0.15, 0.2) is 0 Å². The van der Waals surface area contributed by atoms with E-state index in [1.54, 1.807) is 6.07 Å². The molecule has 0 saturated heterocycles. The number of unbranched alkanes of at least 4 members (excludes halogenated alkanes) is 2. The summed E-state index contributed by atoms with van der Waals surface area (Å²) in [5.74, 6) is -0.287. The third-order valence-corrected chi connectivity index (χ3v) is 7.05. The first-order valence-electron chi connectivity index (χ1n) is 12.7. The summed E-state index contributed by atoms with van der Waals surface area (Å²) in [6.07, 6.45) is 5.13. The highest BCUT2D eigenvalue weighted by Gasteiger charge is 2.20. The summed E-state index contributed by atoms with van der Waals surface area (Å²) in [6.45, 7) is 2.82. The monoisotopic (exact) mass is 476 g/mol. The normalized spacial score (nSPS) is 11.4. The maximum Gasteiger partial charge on any atom is 0.249 e. The first kappa shape index (κ1) is 23.7. The molecule has 4 aromatic carbocycles. The predicted octanol–water partition coefficient (Wildman–Crippen LogP) is 6.97. The Balaban J connectivity index is 1.68. The van der Waals surface area contributed by atoms with Crippen LogP contribution in [0.4, 0.5) is 0 Å². The third kappa shape index (κ3) is 4.59. The molecule has 182 valence electrons. The molecule has 0 saturated carbocycles. The molecule has 0 aliphatic rings. The number of nitrogens with two attached hydrogens (primary N) is 1. The van der Waals surface area contributed by atoms with Crippen molar-refractivity contribution in [2.45, 2.75) is 45.6 Å². The summed E-state index contributed by atoms with van der Waals surface area (Å²) >= 11 is 0. The number of aromatic hydroxyl groups is 1. The van der Waals surface area contributed by atoms with Crippen LogP contribution in [0, 0.1) is 0 Å². The molecule has 0 fully saturated rings.